The van der Waals surface area contributed by atoms with Crippen LogP contribution < -0.4 is 10.1 Å². The molecule has 1 heterocycles. The molecule has 0 radical (unpaired) electrons. The number of anilines is 1. The van der Waals surface area contributed by atoms with Gasteiger partial charge in [0.05, 0.1) is 23.9 Å². The molecule has 0 aliphatic carbocycles. The fourth-order valence-electron chi connectivity index (χ4n) is 1.97. The molecule has 0 fully saturated rings. The monoisotopic (exact) mass is 364 g/mol. The maximum Gasteiger partial charge on any atom is 0.323 e. The average molecular weight is 364 g/mol. The van der Waals surface area contributed by atoms with Crippen molar-refractivity contribution in [3.8, 4) is 16.9 Å². The summed E-state index contributed by atoms with van der Waals surface area (Å²) in [6.07, 6.45) is 0.725. The maximum absolute atomic E-state index is 13.8. The summed E-state index contributed by atoms with van der Waals surface area (Å²) in [5.74, 6) is -0.697. The van der Waals surface area contributed by atoms with E-state index in [1.54, 1.807) is 13.8 Å². The molecule has 0 unspecified atom stereocenters. The lowest BCUT2D eigenvalue weighted by molar-refractivity contribution is 0.141. The number of carbonyl (C=O) groups is 1. The lowest BCUT2D eigenvalue weighted by Gasteiger charge is -2.21. The van der Waals surface area contributed by atoms with Crippen molar-refractivity contribution in [3.05, 3.63) is 35.8 Å². The molecule has 1 aromatic carbocycles. The van der Waals surface area contributed by atoms with Crippen LogP contribution in [0, 0.1) is 17.1 Å². The summed E-state index contributed by atoms with van der Waals surface area (Å²) >= 11 is 1.04. The van der Waals surface area contributed by atoms with Crippen molar-refractivity contribution in [1.82, 2.24) is 9.88 Å². The minimum atomic E-state index is -0.660. The Hall–Kier alpha value is -2.70. The number of ether oxygens (including phenoxy) is 1. The number of aliphatic hydroxyl groups is 1. The van der Waals surface area contributed by atoms with E-state index >= 15 is 0 Å². The first-order valence-corrected chi connectivity index (χ1v) is 8.32. The van der Waals surface area contributed by atoms with E-state index < -0.39 is 18.0 Å². The number of nitriles is 1. The maximum atomic E-state index is 13.8. The molecule has 0 aliphatic heterocycles. The second kappa shape index (κ2) is 8.41. The Morgan fingerprint density at radius 1 is 1.60 bits per heavy atom. The number of rotatable bonds is 6. The average Bonchev–Trinajstić information content (AvgIpc) is 3.01. The van der Waals surface area contributed by atoms with E-state index in [-0.39, 0.29) is 28.1 Å². The summed E-state index contributed by atoms with van der Waals surface area (Å²) in [6.45, 7) is 4.03. The predicted octanol–water partition coefficient (Wildman–Crippen LogP) is 3.18. The number of thiazole rings is 1. The second-order valence-electron chi connectivity index (χ2n) is 5.16. The van der Waals surface area contributed by atoms with Crippen LogP contribution in [0.4, 0.5) is 14.3 Å². The van der Waals surface area contributed by atoms with Gasteiger partial charge in [-0.2, -0.15) is 5.26 Å². The van der Waals surface area contributed by atoms with Gasteiger partial charge in [0.1, 0.15) is 0 Å². The summed E-state index contributed by atoms with van der Waals surface area (Å²) in [6, 6.07) is 5.32. The number of carbonyl (C=O) groups excluding carboxylic acids is 1. The molecule has 132 valence electrons. The first kappa shape index (κ1) is 18.6. The topological polar surface area (TPSA) is 98.5 Å². The molecule has 1 aromatic heterocycles. The standard InChI is InChI=1S/C16H17FN4O3S/c1-3-21(9-10(2)22)16(23)20-15-19-8-14(25-15)24-13-5-4-11(7-18)6-12(13)17/h4-6,8,10,22H,3,9H2,1-2H3,(H,19,20,23)/t10-/m0/s1. The largest absolute Gasteiger partial charge is 0.442 e. The number of hydrogen-bond acceptors (Lipinski definition) is 6. The summed E-state index contributed by atoms with van der Waals surface area (Å²) in [5.41, 5.74) is 0.194. The molecule has 0 saturated carbocycles. The zero-order valence-corrected chi connectivity index (χ0v) is 14.5. The van der Waals surface area contributed by atoms with Crippen molar-refractivity contribution < 1.29 is 19.0 Å². The normalized spacial score (nSPS) is 11.5. The van der Waals surface area contributed by atoms with Gasteiger partial charge in [0, 0.05) is 13.1 Å². The fourth-order valence-corrected chi connectivity index (χ4v) is 2.64. The Bertz CT molecular complexity index is 788. The van der Waals surface area contributed by atoms with E-state index in [1.807, 2.05) is 6.07 Å². The number of amides is 2. The summed E-state index contributed by atoms with van der Waals surface area (Å²) in [5, 5.41) is 21.3. The second-order valence-corrected chi connectivity index (χ2v) is 6.15. The van der Waals surface area contributed by atoms with Gasteiger partial charge in [-0.3, -0.25) is 5.32 Å². The van der Waals surface area contributed by atoms with Crippen LogP contribution in [0.2, 0.25) is 0 Å². The molecule has 0 saturated heterocycles. The van der Waals surface area contributed by atoms with Crippen molar-refractivity contribution in [2.75, 3.05) is 18.4 Å². The fraction of sp³-hybridized carbons (Fsp3) is 0.312. The third kappa shape index (κ3) is 5.14. The van der Waals surface area contributed by atoms with Gasteiger partial charge in [-0.1, -0.05) is 11.3 Å². The first-order valence-electron chi connectivity index (χ1n) is 7.50. The Balaban J connectivity index is 2.02. The molecule has 9 heteroatoms. The number of nitrogens with one attached hydrogen (secondary N) is 1. The third-order valence-electron chi connectivity index (χ3n) is 3.12. The molecule has 2 amide bonds. The van der Waals surface area contributed by atoms with Gasteiger partial charge in [0.15, 0.2) is 16.7 Å². The van der Waals surface area contributed by atoms with Crippen molar-refractivity contribution in [2.45, 2.75) is 20.0 Å². The molecule has 0 spiro atoms. The molecular formula is C16H17FN4O3S. The van der Waals surface area contributed by atoms with Crippen LogP contribution in [-0.4, -0.2) is 40.2 Å². The summed E-state index contributed by atoms with van der Waals surface area (Å²) < 4.78 is 19.2. The molecule has 2 aromatic rings. The number of aliphatic hydroxyl groups excluding tert-OH is 1. The smallest absolute Gasteiger partial charge is 0.323 e. The van der Waals surface area contributed by atoms with Crippen molar-refractivity contribution in [3.63, 3.8) is 0 Å². The highest BCUT2D eigenvalue weighted by Gasteiger charge is 2.16. The number of benzene rings is 1. The Kier molecular flexibility index (Phi) is 6.27. The molecule has 7 nitrogen and oxygen atoms in total. The number of aromatic nitrogens is 1. The van der Waals surface area contributed by atoms with Crippen molar-refractivity contribution in [1.29, 1.82) is 5.26 Å². The minimum Gasteiger partial charge on any atom is -0.442 e. The molecule has 0 aliphatic rings. The van der Waals surface area contributed by atoms with E-state index in [0.29, 0.717) is 6.54 Å². The zero-order valence-electron chi connectivity index (χ0n) is 13.7. The van der Waals surface area contributed by atoms with E-state index in [4.69, 9.17) is 10.00 Å². The van der Waals surface area contributed by atoms with E-state index in [2.05, 4.69) is 10.3 Å². The Morgan fingerprint density at radius 3 is 2.96 bits per heavy atom. The van der Waals surface area contributed by atoms with Crippen LogP contribution in [0.3, 0.4) is 0 Å². The van der Waals surface area contributed by atoms with E-state index in [9.17, 15) is 14.3 Å². The third-order valence-corrected chi connectivity index (χ3v) is 3.91. The van der Waals surface area contributed by atoms with Gasteiger partial charge in [0.25, 0.3) is 0 Å². The molecule has 0 bridgehead atoms. The van der Waals surface area contributed by atoms with Crippen molar-refractivity contribution in [2.24, 2.45) is 0 Å². The zero-order chi connectivity index (χ0) is 18.4. The van der Waals surface area contributed by atoms with Gasteiger partial charge in [-0.05, 0) is 32.0 Å². The van der Waals surface area contributed by atoms with Crippen LogP contribution >= 0.6 is 11.3 Å². The van der Waals surface area contributed by atoms with Crippen LogP contribution in [0.1, 0.15) is 19.4 Å². The van der Waals surface area contributed by atoms with Crippen LogP contribution in [0.25, 0.3) is 0 Å². The summed E-state index contributed by atoms with van der Waals surface area (Å²) in [4.78, 5) is 17.6. The molecule has 2 N–H and O–H groups in total. The summed E-state index contributed by atoms with van der Waals surface area (Å²) in [7, 11) is 0. The highest BCUT2D eigenvalue weighted by atomic mass is 32.1. The van der Waals surface area contributed by atoms with E-state index in [0.717, 1.165) is 17.4 Å². The van der Waals surface area contributed by atoms with Gasteiger partial charge < -0.3 is 14.7 Å². The van der Waals surface area contributed by atoms with Crippen LogP contribution in [0.5, 0.6) is 10.8 Å². The lowest BCUT2D eigenvalue weighted by atomic mass is 10.2. The minimum absolute atomic E-state index is 0.0372. The SMILES string of the molecule is CCN(C[C@H](C)O)C(=O)Nc1ncc(Oc2ccc(C#N)cc2F)s1. The quantitative estimate of drug-likeness (QED) is 0.820. The van der Waals surface area contributed by atoms with E-state index in [1.165, 1.54) is 23.2 Å². The first-order chi connectivity index (χ1) is 11.9. The highest BCUT2D eigenvalue weighted by Crippen LogP contribution is 2.32. The molecule has 25 heavy (non-hydrogen) atoms. The number of halogens is 1. The number of hydrogen-bond donors (Lipinski definition) is 2. The molecule has 2 rings (SSSR count). The lowest BCUT2D eigenvalue weighted by Crippen LogP contribution is -2.39. The Labute approximate surface area is 148 Å². The number of nitrogens with zero attached hydrogens (tertiary/aromatic N) is 3. The van der Waals surface area contributed by atoms with Gasteiger partial charge in [0.2, 0.25) is 5.06 Å². The number of urea groups is 1. The molecular weight excluding hydrogens is 347 g/mol. The van der Waals surface area contributed by atoms with Gasteiger partial charge >= 0.3 is 6.03 Å². The highest BCUT2D eigenvalue weighted by molar-refractivity contribution is 7.17. The predicted molar refractivity (Wildman–Crippen MR) is 91.2 cm³/mol. The van der Waals surface area contributed by atoms with Crippen LogP contribution in [-0.2, 0) is 0 Å². The van der Waals surface area contributed by atoms with Gasteiger partial charge in [-0.25, -0.2) is 14.2 Å². The molecule has 1 atom stereocenters. The van der Waals surface area contributed by atoms with Gasteiger partial charge in [-0.15, -0.1) is 0 Å². The van der Waals surface area contributed by atoms with Crippen molar-refractivity contribution >= 4 is 22.5 Å². The Morgan fingerprint density at radius 2 is 2.36 bits per heavy atom. The number of likely N-dealkylation sites (N-methyl/N-ethyl adjacent to an activating group) is 1. The van der Waals surface area contributed by atoms with Crippen LogP contribution in [0.15, 0.2) is 24.4 Å².